The Bertz CT molecular complexity index is 1250. The Labute approximate surface area is 236 Å². The number of hydrogen-bond donors (Lipinski definition) is 0. The van der Waals surface area contributed by atoms with Crippen molar-refractivity contribution in [1.29, 1.82) is 0 Å². The highest BCUT2D eigenvalue weighted by atomic mass is 32.2. The number of piperazine rings is 1. The summed E-state index contributed by atoms with van der Waals surface area (Å²) in [5.74, 6) is 0. The first-order chi connectivity index (χ1) is 18.8. The fourth-order valence-corrected chi connectivity index (χ4v) is 6.46. The molecule has 4 aromatic carbocycles. The van der Waals surface area contributed by atoms with Crippen molar-refractivity contribution in [1.82, 2.24) is 4.90 Å². The van der Waals surface area contributed by atoms with Crippen molar-refractivity contribution < 1.29 is 9.53 Å². The number of nitrogens with zero attached hydrogens (tertiary/aromatic N) is 2. The number of carbonyl (C=O) groups excluding carboxylic acids is 1. The molecule has 1 aliphatic heterocycles. The molecule has 4 nitrogen and oxygen atoms in total. The number of amides is 1. The number of carbonyl (C=O) groups is 1. The topological polar surface area (TPSA) is 32.8 Å². The highest BCUT2D eigenvalue weighted by molar-refractivity contribution is 8.00. The molecule has 1 aliphatic rings. The van der Waals surface area contributed by atoms with Crippen molar-refractivity contribution in [3.8, 4) is 0 Å². The molecule has 0 spiro atoms. The van der Waals surface area contributed by atoms with Crippen molar-refractivity contribution in [2.75, 3.05) is 31.1 Å². The van der Waals surface area contributed by atoms with E-state index < -0.39 is 10.3 Å². The van der Waals surface area contributed by atoms with Gasteiger partial charge in [-0.1, -0.05) is 91.0 Å². The Kier molecular flexibility index (Phi) is 7.99. The van der Waals surface area contributed by atoms with Gasteiger partial charge in [-0.05, 0) is 61.7 Å². The lowest BCUT2D eigenvalue weighted by molar-refractivity contribution is 0.0240. The summed E-state index contributed by atoms with van der Waals surface area (Å²) in [5.41, 5.74) is 4.43. The summed E-state index contributed by atoms with van der Waals surface area (Å²) in [4.78, 5) is 17.8. The SMILES string of the molecule is CC(C)(C)OC(=O)N1CCN(c2ccc(SC(c3ccccc3)(c3ccccc3)c3ccccc3)cc2)CC1. The van der Waals surface area contributed by atoms with Gasteiger partial charge in [0.05, 0.1) is 4.75 Å². The number of anilines is 1. The molecule has 0 N–H and O–H groups in total. The molecule has 1 saturated heterocycles. The van der Waals surface area contributed by atoms with Gasteiger partial charge in [0, 0.05) is 36.8 Å². The highest BCUT2D eigenvalue weighted by Gasteiger charge is 2.37. The van der Waals surface area contributed by atoms with Gasteiger partial charge in [-0.15, -0.1) is 11.8 Å². The fraction of sp³-hybridized carbons (Fsp3) is 0.265. The minimum atomic E-state index is -0.476. The molecule has 5 rings (SSSR count). The third kappa shape index (κ3) is 6.15. The third-order valence-electron chi connectivity index (χ3n) is 6.95. The predicted molar refractivity (Wildman–Crippen MR) is 162 cm³/mol. The molecule has 0 unspecified atom stereocenters. The second-order valence-corrected chi connectivity index (χ2v) is 12.1. The van der Waals surface area contributed by atoms with Crippen LogP contribution >= 0.6 is 11.8 Å². The van der Waals surface area contributed by atoms with Crippen LogP contribution in [0.25, 0.3) is 0 Å². The molecule has 0 saturated carbocycles. The van der Waals surface area contributed by atoms with Crippen LogP contribution in [-0.2, 0) is 9.48 Å². The van der Waals surface area contributed by atoms with E-state index in [1.165, 1.54) is 27.3 Å². The summed E-state index contributed by atoms with van der Waals surface area (Å²) in [7, 11) is 0. The summed E-state index contributed by atoms with van der Waals surface area (Å²) in [6, 6.07) is 41.2. The first-order valence-electron chi connectivity index (χ1n) is 13.5. The molecule has 1 amide bonds. The summed E-state index contributed by atoms with van der Waals surface area (Å²) >= 11 is 1.87. The Morgan fingerprint density at radius 2 is 1.08 bits per heavy atom. The van der Waals surface area contributed by atoms with Crippen LogP contribution in [0.2, 0.25) is 0 Å². The van der Waals surface area contributed by atoms with E-state index in [4.69, 9.17) is 4.74 Å². The van der Waals surface area contributed by atoms with E-state index in [1.807, 2.05) is 32.5 Å². The first kappa shape index (κ1) is 26.9. The van der Waals surface area contributed by atoms with Gasteiger partial charge in [-0.3, -0.25) is 0 Å². The van der Waals surface area contributed by atoms with Gasteiger partial charge in [0.25, 0.3) is 0 Å². The molecular weight excluding hydrogens is 500 g/mol. The van der Waals surface area contributed by atoms with Crippen LogP contribution in [0.3, 0.4) is 0 Å². The van der Waals surface area contributed by atoms with Gasteiger partial charge in [-0.2, -0.15) is 0 Å². The van der Waals surface area contributed by atoms with Crippen LogP contribution < -0.4 is 4.90 Å². The van der Waals surface area contributed by atoms with Gasteiger partial charge < -0.3 is 14.5 Å². The molecule has 200 valence electrons. The van der Waals surface area contributed by atoms with Crippen molar-refractivity contribution in [2.45, 2.75) is 36.0 Å². The zero-order valence-electron chi connectivity index (χ0n) is 22.9. The van der Waals surface area contributed by atoms with Gasteiger partial charge in [0.2, 0.25) is 0 Å². The zero-order valence-corrected chi connectivity index (χ0v) is 23.7. The van der Waals surface area contributed by atoms with Crippen molar-refractivity contribution in [2.24, 2.45) is 0 Å². The van der Waals surface area contributed by atoms with E-state index >= 15 is 0 Å². The molecule has 1 fully saturated rings. The quantitative estimate of drug-likeness (QED) is 0.186. The zero-order chi connectivity index (χ0) is 27.3. The van der Waals surface area contributed by atoms with E-state index in [-0.39, 0.29) is 6.09 Å². The lowest BCUT2D eigenvalue weighted by Crippen LogP contribution is -2.50. The number of hydrogen-bond acceptors (Lipinski definition) is 4. The van der Waals surface area contributed by atoms with Crippen LogP contribution in [-0.4, -0.2) is 42.8 Å². The molecule has 0 aliphatic carbocycles. The van der Waals surface area contributed by atoms with E-state index in [0.29, 0.717) is 13.1 Å². The lowest BCUT2D eigenvalue weighted by atomic mass is 9.84. The average molecular weight is 537 g/mol. The molecule has 39 heavy (non-hydrogen) atoms. The Morgan fingerprint density at radius 3 is 1.49 bits per heavy atom. The molecule has 1 heterocycles. The van der Waals surface area contributed by atoms with E-state index in [2.05, 4.69) is 120 Å². The molecule has 0 aromatic heterocycles. The average Bonchev–Trinajstić information content (AvgIpc) is 2.97. The van der Waals surface area contributed by atoms with Crippen molar-refractivity contribution >= 4 is 23.5 Å². The van der Waals surface area contributed by atoms with Gasteiger partial charge in [-0.25, -0.2) is 4.79 Å². The minimum absolute atomic E-state index is 0.229. The van der Waals surface area contributed by atoms with Gasteiger partial charge >= 0.3 is 6.09 Å². The van der Waals surface area contributed by atoms with Crippen LogP contribution in [0.5, 0.6) is 0 Å². The first-order valence-corrected chi connectivity index (χ1v) is 14.4. The van der Waals surface area contributed by atoms with Crippen LogP contribution in [0.4, 0.5) is 10.5 Å². The van der Waals surface area contributed by atoms with Crippen LogP contribution in [0.15, 0.2) is 120 Å². The van der Waals surface area contributed by atoms with Crippen LogP contribution in [0, 0.1) is 0 Å². The summed E-state index contributed by atoms with van der Waals surface area (Å²) in [6.45, 7) is 8.60. The van der Waals surface area contributed by atoms with E-state index in [9.17, 15) is 4.79 Å². The second kappa shape index (κ2) is 11.6. The predicted octanol–water partition coefficient (Wildman–Crippen LogP) is 7.83. The Morgan fingerprint density at radius 1 is 0.641 bits per heavy atom. The molecule has 0 radical (unpaired) electrons. The molecule has 5 heteroatoms. The second-order valence-electron chi connectivity index (χ2n) is 10.8. The van der Waals surface area contributed by atoms with Crippen molar-refractivity contribution in [3.05, 3.63) is 132 Å². The number of rotatable bonds is 6. The highest BCUT2D eigenvalue weighted by Crippen LogP contribution is 2.51. The number of benzene rings is 4. The monoisotopic (exact) mass is 536 g/mol. The van der Waals surface area contributed by atoms with Crippen LogP contribution in [0.1, 0.15) is 37.5 Å². The van der Waals surface area contributed by atoms with Gasteiger partial charge in [0.1, 0.15) is 5.60 Å². The van der Waals surface area contributed by atoms with Crippen molar-refractivity contribution in [3.63, 3.8) is 0 Å². The summed E-state index contributed by atoms with van der Waals surface area (Å²) in [6.07, 6.45) is -0.229. The molecule has 4 aromatic rings. The van der Waals surface area contributed by atoms with Gasteiger partial charge in [0.15, 0.2) is 0 Å². The normalized spacial score (nSPS) is 14.2. The standard InChI is InChI=1S/C34H36N2O2S/c1-33(2,3)38-32(37)36-25-23-35(24-26-36)30-19-21-31(22-20-30)39-34(27-13-7-4-8-14-27,28-15-9-5-10-16-28)29-17-11-6-12-18-29/h4-22H,23-26H2,1-3H3. The molecule has 0 atom stereocenters. The Balaban J connectivity index is 1.40. The summed E-state index contributed by atoms with van der Waals surface area (Å²) in [5, 5.41) is 0. The maximum Gasteiger partial charge on any atom is 0.410 e. The molecular formula is C34H36N2O2S. The Hall–Kier alpha value is -3.70. The maximum absolute atomic E-state index is 12.5. The maximum atomic E-state index is 12.5. The number of ether oxygens (including phenoxy) is 1. The molecule has 0 bridgehead atoms. The number of thioether (sulfide) groups is 1. The lowest BCUT2D eigenvalue weighted by Gasteiger charge is -2.37. The summed E-state index contributed by atoms with van der Waals surface area (Å²) < 4.78 is 5.16. The largest absolute Gasteiger partial charge is 0.444 e. The van der Waals surface area contributed by atoms with E-state index in [1.54, 1.807) is 4.90 Å². The fourth-order valence-electron chi connectivity index (χ4n) is 5.07. The van der Waals surface area contributed by atoms with E-state index in [0.717, 1.165) is 13.1 Å². The smallest absolute Gasteiger partial charge is 0.410 e. The third-order valence-corrected chi connectivity index (χ3v) is 8.47. The minimum Gasteiger partial charge on any atom is -0.444 e.